The number of halogens is 3. The molecule has 0 bridgehead atoms. The second kappa shape index (κ2) is 13.2. The average Bonchev–Trinajstić information content (AvgIpc) is 3.28. The van der Waals surface area contributed by atoms with Gasteiger partial charge in [-0.3, -0.25) is 14.5 Å². The van der Waals surface area contributed by atoms with Crippen molar-refractivity contribution in [3.63, 3.8) is 0 Å². The molecule has 2 aliphatic rings. The highest BCUT2D eigenvalue weighted by Crippen LogP contribution is 2.51. The predicted molar refractivity (Wildman–Crippen MR) is 169 cm³/mol. The zero-order chi connectivity index (χ0) is 32.5. The van der Waals surface area contributed by atoms with Crippen molar-refractivity contribution >= 4 is 35.1 Å². The molecule has 3 aromatic carbocycles. The number of carbonyl (C=O) groups excluding carboxylic acids is 2. The van der Waals surface area contributed by atoms with E-state index in [1.54, 1.807) is 31.2 Å². The van der Waals surface area contributed by atoms with E-state index in [2.05, 4.69) is 6.58 Å². The zero-order valence-corrected chi connectivity index (χ0v) is 26.7. The van der Waals surface area contributed by atoms with Crippen LogP contribution in [0.5, 0.6) is 0 Å². The Morgan fingerprint density at radius 3 is 2.33 bits per heavy atom. The van der Waals surface area contributed by atoms with Gasteiger partial charge in [0.25, 0.3) is 5.91 Å². The molecule has 0 aliphatic carbocycles. The van der Waals surface area contributed by atoms with Gasteiger partial charge in [0.2, 0.25) is 0 Å². The molecule has 1 amide bonds. The molecule has 2 aliphatic heterocycles. The molecule has 1 unspecified atom stereocenters. The van der Waals surface area contributed by atoms with Crippen LogP contribution in [0.1, 0.15) is 71.8 Å². The monoisotopic (exact) mass is 655 g/mol. The van der Waals surface area contributed by atoms with Gasteiger partial charge in [-0.15, -0.1) is 0 Å². The van der Waals surface area contributed by atoms with Crippen LogP contribution in [-0.2, 0) is 25.6 Å². The van der Waals surface area contributed by atoms with Crippen LogP contribution >= 0.6 is 23.2 Å². The summed E-state index contributed by atoms with van der Waals surface area (Å²) in [5.41, 5.74) is -3.36. The number of rotatable bonds is 10. The molecule has 4 atom stereocenters. The molecule has 1 fully saturated rings. The molecule has 1 saturated heterocycles. The minimum Gasteiger partial charge on any atom is -0.461 e. The van der Waals surface area contributed by atoms with Crippen molar-refractivity contribution in [3.05, 3.63) is 117 Å². The van der Waals surface area contributed by atoms with Gasteiger partial charge in [-0.2, -0.15) is 0 Å². The van der Waals surface area contributed by atoms with Gasteiger partial charge in [-0.1, -0.05) is 67.0 Å². The quantitative estimate of drug-likeness (QED) is 0.182. The summed E-state index contributed by atoms with van der Waals surface area (Å²) in [5, 5.41) is 25.5. The largest absolute Gasteiger partial charge is 0.461 e. The Labute approximate surface area is 272 Å². The lowest BCUT2D eigenvalue weighted by atomic mass is 9.74. The highest BCUT2D eigenvalue weighted by atomic mass is 35.5. The number of hydrogen-bond donors (Lipinski definition) is 2. The van der Waals surface area contributed by atoms with Crippen molar-refractivity contribution in [2.45, 2.75) is 50.5 Å². The number of esters is 1. The van der Waals surface area contributed by atoms with Gasteiger partial charge >= 0.3 is 5.97 Å². The van der Waals surface area contributed by atoms with Crippen LogP contribution in [0, 0.1) is 17.7 Å². The van der Waals surface area contributed by atoms with E-state index in [-0.39, 0.29) is 41.2 Å². The second-order valence-electron chi connectivity index (χ2n) is 11.6. The van der Waals surface area contributed by atoms with Crippen molar-refractivity contribution in [2.75, 3.05) is 19.8 Å². The highest BCUT2D eigenvalue weighted by molar-refractivity contribution is 6.30. The Hall–Kier alpha value is -3.27. The van der Waals surface area contributed by atoms with Gasteiger partial charge in [0.05, 0.1) is 28.7 Å². The number of hydrogen-bond acceptors (Lipinski definition) is 6. The summed E-state index contributed by atoms with van der Waals surface area (Å²) in [4.78, 5) is 29.1. The third-order valence-corrected chi connectivity index (χ3v) is 9.60. The molecule has 7 nitrogen and oxygen atoms in total. The molecule has 2 heterocycles. The Bertz CT molecular complexity index is 1580. The number of ether oxygens (including phenoxy) is 2. The summed E-state index contributed by atoms with van der Waals surface area (Å²) < 4.78 is 27.5. The first-order chi connectivity index (χ1) is 21.5. The molecular formula is C35H36Cl2FNO6. The van der Waals surface area contributed by atoms with Crippen LogP contribution < -0.4 is 0 Å². The van der Waals surface area contributed by atoms with E-state index in [9.17, 15) is 19.8 Å². The summed E-state index contributed by atoms with van der Waals surface area (Å²) in [6.07, 6.45) is 2.84. The number of amides is 1. The number of fused-ring (bicyclic) bond motifs is 1. The van der Waals surface area contributed by atoms with Crippen LogP contribution in [-0.4, -0.2) is 46.8 Å². The Morgan fingerprint density at radius 1 is 1.16 bits per heavy atom. The molecular weight excluding hydrogens is 620 g/mol. The molecule has 5 rings (SSSR count). The molecule has 238 valence electrons. The number of benzene rings is 3. The molecule has 0 radical (unpaired) electrons. The average molecular weight is 657 g/mol. The summed E-state index contributed by atoms with van der Waals surface area (Å²) in [5.74, 6) is -3.50. The fraction of sp³-hybridized carbons (Fsp3) is 0.371. The molecule has 3 aromatic rings. The molecule has 2 N–H and O–H groups in total. The lowest BCUT2D eigenvalue weighted by Gasteiger charge is -2.42. The van der Waals surface area contributed by atoms with E-state index in [4.69, 9.17) is 32.7 Å². The van der Waals surface area contributed by atoms with Gasteiger partial charge in [0.15, 0.2) is 5.72 Å². The summed E-state index contributed by atoms with van der Waals surface area (Å²) in [6, 6.07) is 14.1. The van der Waals surface area contributed by atoms with Gasteiger partial charge in [0.1, 0.15) is 12.4 Å². The van der Waals surface area contributed by atoms with Crippen molar-refractivity contribution in [3.8, 4) is 0 Å². The molecule has 0 saturated carbocycles. The Morgan fingerprint density at radius 2 is 1.76 bits per heavy atom. The molecule has 0 aromatic heterocycles. The SMILES string of the molecule is C=CCOC(=O)[C@@H](C)[C@@H](c1ccc(Cl)cc1)N1C(=O)c2cc(C(O)(CC)C3CCOCC3)cc(F)c2[C@@]1(O)c1ccc(Cl)cc1. The van der Waals surface area contributed by atoms with E-state index in [1.165, 1.54) is 42.5 Å². The van der Waals surface area contributed by atoms with Crippen LogP contribution in [0.15, 0.2) is 73.3 Å². The minimum absolute atomic E-state index is 0.0636. The Balaban J connectivity index is 1.74. The first kappa shape index (κ1) is 33.1. The van der Waals surface area contributed by atoms with Gasteiger partial charge in [0, 0.05) is 28.8 Å². The molecule has 10 heteroatoms. The maximum atomic E-state index is 16.6. The summed E-state index contributed by atoms with van der Waals surface area (Å²) in [6.45, 7) is 7.85. The first-order valence-corrected chi connectivity index (χ1v) is 15.7. The number of nitrogens with zero attached hydrogens (tertiary/aromatic N) is 1. The summed E-state index contributed by atoms with van der Waals surface area (Å²) >= 11 is 12.4. The van der Waals surface area contributed by atoms with Gasteiger partial charge in [-0.25, -0.2) is 4.39 Å². The number of aliphatic hydroxyl groups is 2. The minimum atomic E-state index is -2.38. The predicted octanol–water partition coefficient (Wildman–Crippen LogP) is 6.91. The summed E-state index contributed by atoms with van der Waals surface area (Å²) in [7, 11) is 0. The molecule has 45 heavy (non-hydrogen) atoms. The van der Waals surface area contributed by atoms with Crippen molar-refractivity contribution in [1.82, 2.24) is 4.90 Å². The van der Waals surface area contributed by atoms with Crippen LogP contribution in [0.2, 0.25) is 10.0 Å². The third-order valence-electron chi connectivity index (χ3n) is 9.10. The smallest absolute Gasteiger partial charge is 0.311 e. The van der Waals surface area contributed by atoms with Crippen LogP contribution in [0.25, 0.3) is 0 Å². The van der Waals surface area contributed by atoms with Crippen molar-refractivity contribution < 1.29 is 33.7 Å². The third kappa shape index (κ3) is 5.90. The highest BCUT2D eigenvalue weighted by Gasteiger charge is 2.57. The van der Waals surface area contributed by atoms with E-state index in [1.807, 2.05) is 6.92 Å². The lowest BCUT2D eigenvalue weighted by Crippen LogP contribution is -2.50. The standard InChI is InChI=1S/C35H36Cl2FNO6/c1-4-16-45-33(41)21(3)31(22-6-10-26(36)11-7-22)39-32(40)28-19-25(34(42,5-2)23-14-17-44-18-15-23)20-29(38)30(28)35(39,43)24-8-12-27(37)13-9-24/h4,6-13,19-21,23,31,42-43H,1,5,14-18H2,2-3H3/t21-,31-,34?,35-/m0/s1. The maximum Gasteiger partial charge on any atom is 0.311 e. The fourth-order valence-corrected chi connectivity index (χ4v) is 6.95. The van der Waals surface area contributed by atoms with E-state index in [0.717, 1.165) is 4.90 Å². The van der Waals surface area contributed by atoms with E-state index >= 15 is 4.39 Å². The van der Waals surface area contributed by atoms with Crippen molar-refractivity contribution in [2.24, 2.45) is 11.8 Å². The van der Waals surface area contributed by atoms with Gasteiger partial charge in [-0.05, 0) is 79.6 Å². The van der Waals surface area contributed by atoms with E-state index in [0.29, 0.717) is 41.7 Å². The van der Waals surface area contributed by atoms with Crippen molar-refractivity contribution in [1.29, 1.82) is 0 Å². The topological polar surface area (TPSA) is 96.3 Å². The maximum absolute atomic E-state index is 16.6. The number of carbonyl (C=O) groups is 2. The zero-order valence-electron chi connectivity index (χ0n) is 25.1. The fourth-order valence-electron chi connectivity index (χ4n) is 6.70. The normalized spacial score (nSPS) is 21.1. The van der Waals surface area contributed by atoms with E-state index < -0.39 is 41.0 Å². The van der Waals surface area contributed by atoms with Gasteiger partial charge < -0.3 is 19.7 Å². The van der Waals surface area contributed by atoms with Crippen LogP contribution in [0.3, 0.4) is 0 Å². The first-order valence-electron chi connectivity index (χ1n) is 15.0. The van der Waals surface area contributed by atoms with Crippen LogP contribution in [0.4, 0.5) is 4.39 Å². The molecule has 0 spiro atoms. The Kier molecular flexibility index (Phi) is 9.73. The lowest BCUT2D eigenvalue weighted by molar-refractivity contribution is -0.152. The second-order valence-corrected chi connectivity index (χ2v) is 12.5.